The van der Waals surface area contributed by atoms with Crippen molar-refractivity contribution in [2.24, 2.45) is 5.92 Å². The molecule has 1 amide bonds. The van der Waals surface area contributed by atoms with Gasteiger partial charge in [-0.1, -0.05) is 13.8 Å². The molecule has 2 rings (SSSR count). The Kier molecular flexibility index (Phi) is 3.78. The van der Waals surface area contributed by atoms with Crippen molar-refractivity contribution in [1.82, 2.24) is 10.3 Å². The first-order chi connectivity index (χ1) is 8.91. The lowest BCUT2D eigenvalue weighted by Crippen LogP contribution is -2.36. The summed E-state index contributed by atoms with van der Waals surface area (Å²) in [5.74, 6) is 0.433. The number of aryl methyl sites for hydroxylation is 1. The largest absolute Gasteiger partial charge is 0.354 e. The van der Waals surface area contributed by atoms with Crippen molar-refractivity contribution < 1.29 is 9.59 Å². The molecule has 104 valence electrons. The van der Waals surface area contributed by atoms with E-state index < -0.39 is 0 Å². The molecular formula is C15H22N2O2. The van der Waals surface area contributed by atoms with Gasteiger partial charge in [0, 0.05) is 23.7 Å². The van der Waals surface area contributed by atoms with E-state index in [-0.39, 0.29) is 17.7 Å². The van der Waals surface area contributed by atoms with Crippen molar-refractivity contribution in [2.45, 2.75) is 53.0 Å². The maximum atomic E-state index is 12.3. The predicted octanol–water partition coefficient (Wildman–Crippen LogP) is 2.62. The molecule has 4 heteroatoms. The van der Waals surface area contributed by atoms with E-state index in [1.165, 1.54) is 0 Å². The highest BCUT2D eigenvalue weighted by Gasteiger charge is 2.26. The van der Waals surface area contributed by atoms with Gasteiger partial charge in [-0.3, -0.25) is 9.59 Å². The normalized spacial score (nSPS) is 16.4. The fraction of sp³-hybridized carbons (Fsp3) is 0.600. The molecule has 1 aliphatic rings. The van der Waals surface area contributed by atoms with Crippen LogP contribution in [0.4, 0.5) is 0 Å². The average molecular weight is 262 g/mol. The number of fused-ring (bicyclic) bond motifs is 1. The predicted molar refractivity (Wildman–Crippen MR) is 74.6 cm³/mol. The lowest BCUT2D eigenvalue weighted by atomic mass is 9.93. The summed E-state index contributed by atoms with van der Waals surface area (Å²) in [6.45, 7) is 7.99. The highest BCUT2D eigenvalue weighted by Crippen LogP contribution is 2.26. The minimum absolute atomic E-state index is 0.110. The molecule has 0 saturated heterocycles. The zero-order chi connectivity index (χ0) is 14.2. The Morgan fingerprint density at radius 2 is 1.95 bits per heavy atom. The molecule has 0 aromatic carbocycles. The standard InChI is InChI=1S/C15H22N2O2/c1-8(2)10(4)16-15(19)14-9(3)13-11(17-14)6-5-7-12(13)18/h8,10,17H,5-7H2,1-4H3,(H,16,19). The van der Waals surface area contributed by atoms with Gasteiger partial charge in [-0.2, -0.15) is 0 Å². The number of carbonyl (C=O) groups excluding carboxylic acids is 2. The molecule has 4 nitrogen and oxygen atoms in total. The number of hydrogen-bond donors (Lipinski definition) is 2. The summed E-state index contributed by atoms with van der Waals surface area (Å²) in [4.78, 5) is 27.3. The average Bonchev–Trinajstić information content (AvgIpc) is 2.68. The summed E-state index contributed by atoms with van der Waals surface area (Å²) in [5, 5.41) is 2.98. The van der Waals surface area contributed by atoms with Gasteiger partial charge in [0.25, 0.3) is 5.91 Å². The first-order valence-electron chi connectivity index (χ1n) is 6.97. The molecule has 0 aliphatic heterocycles. The van der Waals surface area contributed by atoms with Crippen LogP contribution >= 0.6 is 0 Å². The van der Waals surface area contributed by atoms with Crippen LogP contribution in [0.2, 0.25) is 0 Å². The summed E-state index contributed by atoms with van der Waals surface area (Å²) in [7, 11) is 0. The second kappa shape index (κ2) is 5.19. The minimum atomic E-state index is -0.110. The number of hydrogen-bond acceptors (Lipinski definition) is 2. The Balaban J connectivity index is 2.26. The van der Waals surface area contributed by atoms with Crippen LogP contribution < -0.4 is 5.32 Å². The zero-order valence-corrected chi connectivity index (χ0v) is 12.1. The highest BCUT2D eigenvalue weighted by atomic mass is 16.2. The maximum Gasteiger partial charge on any atom is 0.268 e. The van der Waals surface area contributed by atoms with E-state index in [0.717, 1.165) is 29.7 Å². The van der Waals surface area contributed by atoms with Gasteiger partial charge >= 0.3 is 0 Å². The second-order valence-corrected chi connectivity index (χ2v) is 5.76. The lowest BCUT2D eigenvalue weighted by molar-refractivity contribution is 0.0924. The number of amides is 1. The fourth-order valence-corrected chi connectivity index (χ4v) is 2.45. The molecule has 1 atom stereocenters. The van der Waals surface area contributed by atoms with E-state index in [0.29, 0.717) is 18.0 Å². The van der Waals surface area contributed by atoms with Crippen molar-refractivity contribution in [2.75, 3.05) is 0 Å². The van der Waals surface area contributed by atoms with Crippen LogP contribution in [0.1, 0.15) is 65.7 Å². The van der Waals surface area contributed by atoms with E-state index in [4.69, 9.17) is 0 Å². The quantitative estimate of drug-likeness (QED) is 0.879. The van der Waals surface area contributed by atoms with E-state index in [1.54, 1.807) is 0 Å². The SMILES string of the molecule is Cc1c(C(=O)NC(C)C(C)C)[nH]c2c1C(=O)CCC2. The number of H-pyrrole nitrogens is 1. The molecule has 1 unspecified atom stereocenters. The van der Waals surface area contributed by atoms with Crippen LogP contribution in [0.3, 0.4) is 0 Å². The van der Waals surface area contributed by atoms with E-state index >= 15 is 0 Å². The van der Waals surface area contributed by atoms with Crippen molar-refractivity contribution in [3.05, 3.63) is 22.5 Å². The third kappa shape index (κ3) is 2.57. The maximum absolute atomic E-state index is 12.3. The van der Waals surface area contributed by atoms with Crippen LogP contribution in [0.5, 0.6) is 0 Å². The Bertz CT molecular complexity index is 514. The number of nitrogens with one attached hydrogen (secondary N) is 2. The Morgan fingerprint density at radius 3 is 2.53 bits per heavy atom. The van der Waals surface area contributed by atoms with Crippen molar-refractivity contribution in [3.63, 3.8) is 0 Å². The smallest absolute Gasteiger partial charge is 0.268 e. The second-order valence-electron chi connectivity index (χ2n) is 5.76. The molecule has 1 aromatic rings. The van der Waals surface area contributed by atoms with Crippen molar-refractivity contribution in [3.8, 4) is 0 Å². The Hall–Kier alpha value is -1.58. The Morgan fingerprint density at radius 1 is 1.26 bits per heavy atom. The van der Waals surface area contributed by atoms with Crippen molar-refractivity contribution in [1.29, 1.82) is 0 Å². The summed E-state index contributed by atoms with van der Waals surface area (Å²) in [6, 6.07) is 0.114. The van der Waals surface area contributed by atoms with E-state index in [2.05, 4.69) is 24.1 Å². The first kappa shape index (κ1) is 13.8. The van der Waals surface area contributed by atoms with Gasteiger partial charge in [-0.15, -0.1) is 0 Å². The summed E-state index contributed by atoms with van der Waals surface area (Å²) in [6.07, 6.45) is 2.32. The van der Waals surface area contributed by atoms with Gasteiger partial charge in [0.1, 0.15) is 5.69 Å². The number of carbonyl (C=O) groups is 2. The van der Waals surface area contributed by atoms with Crippen LogP contribution in [0.25, 0.3) is 0 Å². The van der Waals surface area contributed by atoms with Gasteiger partial charge in [0.2, 0.25) is 0 Å². The van der Waals surface area contributed by atoms with Crippen LogP contribution in [-0.2, 0) is 6.42 Å². The summed E-state index contributed by atoms with van der Waals surface area (Å²) in [5.41, 5.74) is 3.02. The highest BCUT2D eigenvalue weighted by molar-refractivity contribution is 6.04. The van der Waals surface area contributed by atoms with Gasteiger partial charge in [-0.25, -0.2) is 0 Å². The third-order valence-corrected chi connectivity index (χ3v) is 4.02. The molecule has 0 saturated carbocycles. The molecular weight excluding hydrogens is 240 g/mol. The molecule has 1 aliphatic carbocycles. The summed E-state index contributed by atoms with van der Waals surface area (Å²) >= 11 is 0. The Labute approximate surface area is 114 Å². The number of aromatic amines is 1. The number of Topliss-reactive ketones (excluding diaryl/α,β-unsaturated/α-hetero) is 1. The molecule has 0 bridgehead atoms. The van der Waals surface area contributed by atoms with Gasteiger partial charge < -0.3 is 10.3 Å². The number of aromatic nitrogens is 1. The number of rotatable bonds is 3. The lowest BCUT2D eigenvalue weighted by Gasteiger charge is -2.17. The van der Waals surface area contributed by atoms with Gasteiger partial charge in [-0.05, 0) is 38.2 Å². The molecule has 1 heterocycles. The molecule has 19 heavy (non-hydrogen) atoms. The topological polar surface area (TPSA) is 62.0 Å². The van der Waals surface area contributed by atoms with Gasteiger partial charge in [0.05, 0.1) is 0 Å². The first-order valence-corrected chi connectivity index (χ1v) is 6.97. The summed E-state index contributed by atoms with van der Waals surface area (Å²) < 4.78 is 0. The molecule has 2 N–H and O–H groups in total. The molecule has 1 aromatic heterocycles. The van der Waals surface area contributed by atoms with Crippen LogP contribution in [0, 0.1) is 12.8 Å². The van der Waals surface area contributed by atoms with Crippen molar-refractivity contribution >= 4 is 11.7 Å². The molecule has 0 fully saturated rings. The van der Waals surface area contributed by atoms with Crippen LogP contribution in [0.15, 0.2) is 0 Å². The third-order valence-electron chi connectivity index (χ3n) is 4.02. The minimum Gasteiger partial charge on any atom is -0.354 e. The zero-order valence-electron chi connectivity index (χ0n) is 12.1. The monoisotopic (exact) mass is 262 g/mol. The van der Waals surface area contributed by atoms with Gasteiger partial charge in [0.15, 0.2) is 5.78 Å². The van der Waals surface area contributed by atoms with E-state index in [9.17, 15) is 9.59 Å². The van der Waals surface area contributed by atoms with Crippen LogP contribution in [-0.4, -0.2) is 22.7 Å². The molecule has 0 radical (unpaired) electrons. The number of ketones is 1. The fourth-order valence-electron chi connectivity index (χ4n) is 2.45. The molecule has 0 spiro atoms. The van der Waals surface area contributed by atoms with E-state index in [1.807, 2.05) is 13.8 Å².